The molecule has 0 fully saturated rings. The van der Waals surface area contributed by atoms with Crippen LogP contribution in [0.15, 0.2) is 21.0 Å². The van der Waals surface area contributed by atoms with Gasteiger partial charge in [-0.15, -0.1) is 0 Å². The van der Waals surface area contributed by atoms with Gasteiger partial charge in [0.25, 0.3) is 0 Å². The van der Waals surface area contributed by atoms with E-state index in [1.165, 1.54) is 6.07 Å². The van der Waals surface area contributed by atoms with Crippen LogP contribution < -0.4 is 5.32 Å². The van der Waals surface area contributed by atoms with Crippen LogP contribution in [0.2, 0.25) is 0 Å². The summed E-state index contributed by atoms with van der Waals surface area (Å²) in [5.74, 6) is 0.833. The van der Waals surface area contributed by atoms with E-state index in [9.17, 15) is 4.39 Å². The van der Waals surface area contributed by atoms with Crippen LogP contribution in [0.4, 0.5) is 4.39 Å². The average Bonchev–Trinajstić information content (AvgIpc) is 2.72. The molecule has 0 saturated carbocycles. The minimum Gasteiger partial charge on any atom is -0.458 e. The molecule has 0 atom stereocenters. The molecule has 0 aliphatic rings. The fourth-order valence-electron chi connectivity index (χ4n) is 2.18. The van der Waals surface area contributed by atoms with Crippen LogP contribution >= 0.6 is 15.9 Å². The van der Waals surface area contributed by atoms with Crippen LogP contribution in [0.5, 0.6) is 0 Å². The van der Waals surface area contributed by atoms with Crippen LogP contribution in [0.3, 0.4) is 0 Å². The molecular weight excluding hydrogens is 297 g/mol. The van der Waals surface area contributed by atoms with E-state index >= 15 is 0 Å². The Morgan fingerprint density at radius 3 is 2.72 bits per heavy atom. The molecular formula is C14H17BrFNO. The quantitative estimate of drug-likeness (QED) is 0.894. The van der Waals surface area contributed by atoms with E-state index in [4.69, 9.17) is 4.42 Å². The molecule has 1 heterocycles. The summed E-state index contributed by atoms with van der Waals surface area (Å²) in [6.45, 7) is 7.64. The lowest BCUT2D eigenvalue weighted by atomic mass is 9.99. The lowest BCUT2D eigenvalue weighted by Gasteiger charge is -2.07. The fourth-order valence-corrected chi connectivity index (χ4v) is 2.59. The van der Waals surface area contributed by atoms with Crippen molar-refractivity contribution in [3.63, 3.8) is 0 Å². The maximum atomic E-state index is 14.0. The number of fused-ring (bicyclic) bond motifs is 1. The van der Waals surface area contributed by atoms with Gasteiger partial charge in [0.05, 0.1) is 16.4 Å². The Morgan fingerprint density at radius 1 is 1.39 bits per heavy atom. The second-order valence-electron chi connectivity index (χ2n) is 4.61. The molecule has 0 amide bonds. The predicted molar refractivity (Wildman–Crippen MR) is 75.3 cm³/mol. The molecule has 0 bridgehead atoms. The number of furan rings is 1. The Labute approximate surface area is 115 Å². The number of halogens is 2. The van der Waals surface area contributed by atoms with E-state index in [0.717, 1.165) is 22.3 Å². The van der Waals surface area contributed by atoms with Gasteiger partial charge >= 0.3 is 0 Å². The molecule has 2 aromatic rings. The van der Waals surface area contributed by atoms with E-state index < -0.39 is 0 Å². The van der Waals surface area contributed by atoms with Crippen molar-refractivity contribution in [1.29, 1.82) is 0 Å². The summed E-state index contributed by atoms with van der Waals surface area (Å²) in [5.41, 5.74) is 1.57. The molecule has 0 aliphatic carbocycles. The summed E-state index contributed by atoms with van der Waals surface area (Å²) in [4.78, 5) is 0. The maximum Gasteiger partial charge on any atom is 0.151 e. The monoisotopic (exact) mass is 313 g/mol. The first-order chi connectivity index (χ1) is 8.56. The van der Waals surface area contributed by atoms with Crippen molar-refractivity contribution < 1.29 is 8.81 Å². The van der Waals surface area contributed by atoms with Crippen molar-refractivity contribution in [2.75, 3.05) is 6.54 Å². The zero-order chi connectivity index (χ0) is 13.3. The van der Waals surface area contributed by atoms with Gasteiger partial charge in [0, 0.05) is 5.56 Å². The lowest BCUT2D eigenvalue weighted by Crippen LogP contribution is -2.12. The third-order valence-electron chi connectivity index (χ3n) is 2.97. The zero-order valence-electron chi connectivity index (χ0n) is 10.8. The van der Waals surface area contributed by atoms with E-state index in [1.54, 1.807) is 6.07 Å². The Balaban J connectivity index is 2.67. The van der Waals surface area contributed by atoms with Crippen molar-refractivity contribution >= 4 is 26.9 Å². The van der Waals surface area contributed by atoms with E-state index in [-0.39, 0.29) is 11.7 Å². The number of hydrogen-bond donors (Lipinski definition) is 1. The molecule has 2 rings (SSSR count). The highest BCUT2D eigenvalue weighted by Gasteiger charge is 2.21. The van der Waals surface area contributed by atoms with Crippen LogP contribution in [0.1, 0.15) is 38.0 Å². The van der Waals surface area contributed by atoms with Gasteiger partial charge in [-0.1, -0.05) is 20.8 Å². The van der Waals surface area contributed by atoms with Gasteiger partial charge in [0.2, 0.25) is 0 Å². The summed E-state index contributed by atoms with van der Waals surface area (Å²) < 4.78 is 20.6. The average molecular weight is 314 g/mol. The van der Waals surface area contributed by atoms with Gasteiger partial charge in [-0.05, 0) is 40.5 Å². The minimum absolute atomic E-state index is 0.219. The van der Waals surface area contributed by atoms with E-state index in [0.29, 0.717) is 17.5 Å². The SMILES string of the molecule is CCNCc1oc2c(Br)ccc(F)c2c1C(C)C. The second-order valence-corrected chi connectivity index (χ2v) is 5.46. The first kappa shape index (κ1) is 13.6. The van der Waals surface area contributed by atoms with Crippen LogP contribution in [-0.2, 0) is 6.54 Å². The summed E-state index contributed by atoms with van der Waals surface area (Å²) in [5, 5.41) is 3.83. The van der Waals surface area contributed by atoms with Gasteiger partial charge in [0.15, 0.2) is 5.58 Å². The van der Waals surface area contributed by atoms with Gasteiger partial charge in [-0.25, -0.2) is 4.39 Å². The first-order valence-corrected chi connectivity index (χ1v) is 6.95. The highest BCUT2D eigenvalue weighted by molar-refractivity contribution is 9.10. The third kappa shape index (κ3) is 2.31. The normalized spacial score (nSPS) is 11.7. The van der Waals surface area contributed by atoms with E-state index in [1.807, 2.05) is 6.92 Å². The number of rotatable bonds is 4. The maximum absolute atomic E-state index is 14.0. The number of nitrogens with one attached hydrogen (secondary N) is 1. The largest absolute Gasteiger partial charge is 0.458 e. The van der Waals surface area contributed by atoms with Crippen molar-refractivity contribution in [2.45, 2.75) is 33.2 Å². The Hall–Kier alpha value is -0.870. The molecule has 2 nitrogen and oxygen atoms in total. The number of hydrogen-bond acceptors (Lipinski definition) is 2. The van der Waals surface area contributed by atoms with E-state index in [2.05, 4.69) is 35.1 Å². The summed E-state index contributed by atoms with van der Waals surface area (Å²) in [6, 6.07) is 3.16. The van der Waals surface area contributed by atoms with Crippen LogP contribution in [-0.4, -0.2) is 6.54 Å². The minimum atomic E-state index is -0.219. The smallest absolute Gasteiger partial charge is 0.151 e. The summed E-state index contributed by atoms with van der Waals surface area (Å²) in [7, 11) is 0. The molecule has 0 radical (unpaired) electrons. The van der Waals surface area contributed by atoms with Gasteiger partial charge < -0.3 is 9.73 Å². The van der Waals surface area contributed by atoms with Gasteiger partial charge in [0.1, 0.15) is 11.6 Å². The second kappa shape index (κ2) is 5.41. The molecule has 0 unspecified atom stereocenters. The topological polar surface area (TPSA) is 25.2 Å². The molecule has 1 aromatic carbocycles. The highest BCUT2D eigenvalue weighted by atomic mass is 79.9. The van der Waals surface area contributed by atoms with Crippen LogP contribution in [0.25, 0.3) is 11.0 Å². The first-order valence-electron chi connectivity index (χ1n) is 6.16. The molecule has 1 N–H and O–H groups in total. The highest BCUT2D eigenvalue weighted by Crippen LogP contribution is 2.37. The van der Waals surface area contributed by atoms with Crippen LogP contribution in [0, 0.1) is 5.82 Å². The molecule has 4 heteroatoms. The van der Waals surface area contributed by atoms with Crippen molar-refractivity contribution in [2.24, 2.45) is 0 Å². The van der Waals surface area contributed by atoms with Crippen molar-refractivity contribution in [1.82, 2.24) is 5.32 Å². The fraction of sp³-hybridized carbons (Fsp3) is 0.429. The van der Waals surface area contributed by atoms with Crippen molar-refractivity contribution in [3.8, 4) is 0 Å². The van der Waals surface area contributed by atoms with Gasteiger partial charge in [-0.2, -0.15) is 0 Å². The Morgan fingerprint density at radius 2 is 2.11 bits per heavy atom. The van der Waals surface area contributed by atoms with Crippen molar-refractivity contribution in [3.05, 3.63) is 33.7 Å². The molecule has 98 valence electrons. The molecule has 1 aromatic heterocycles. The zero-order valence-corrected chi connectivity index (χ0v) is 12.4. The number of benzene rings is 1. The Kier molecular flexibility index (Phi) is 4.07. The molecule has 18 heavy (non-hydrogen) atoms. The summed E-state index contributed by atoms with van der Waals surface area (Å²) in [6.07, 6.45) is 0. The predicted octanol–water partition coefficient (Wildman–Crippen LogP) is 4.57. The lowest BCUT2D eigenvalue weighted by molar-refractivity contribution is 0.509. The molecule has 0 saturated heterocycles. The van der Waals surface area contributed by atoms with Gasteiger partial charge in [-0.3, -0.25) is 0 Å². The summed E-state index contributed by atoms with van der Waals surface area (Å²) >= 11 is 3.41. The Bertz CT molecular complexity index is 562. The molecule has 0 spiro atoms. The molecule has 0 aliphatic heterocycles. The third-order valence-corrected chi connectivity index (χ3v) is 3.59. The standard InChI is InChI=1S/C14H17BrFNO/c1-4-17-7-11-12(8(2)3)13-10(16)6-5-9(15)14(13)18-11/h5-6,8,17H,4,7H2,1-3H3.